The molecule has 0 N–H and O–H groups in total. The van der Waals surface area contributed by atoms with E-state index in [4.69, 9.17) is 14.2 Å². The minimum Gasteiger partial charge on any atom is -0.487 e. The molecule has 0 aromatic heterocycles. The maximum Gasteiger partial charge on any atom is 0.190 e. The number of benzene rings is 1. The van der Waals surface area contributed by atoms with Crippen LogP contribution < -0.4 is 4.74 Å². The monoisotopic (exact) mass is 260 g/mol. The van der Waals surface area contributed by atoms with E-state index in [1.54, 1.807) is 0 Å². The molecule has 0 aliphatic heterocycles. The van der Waals surface area contributed by atoms with E-state index >= 15 is 0 Å². The van der Waals surface area contributed by atoms with Crippen molar-refractivity contribution in [3.8, 4) is 5.75 Å². The van der Waals surface area contributed by atoms with E-state index in [2.05, 4.69) is 0 Å². The van der Waals surface area contributed by atoms with Gasteiger partial charge in [0.1, 0.15) is 0 Å². The fourth-order valence-electron chi connectivity index (χ4n) is 1.46. The van der Waals surface area contributed by atoms with Crippen LogP contribution in [0.3, 0.4) is 0 Å². The highest BCUT2D eigenvalue weighted by atomic mass is 19.1. The average Bonchev–Trinajstić information content (AvgIpc) is 2.33. The van der Waals surface area contributed by atoms with Crippen LogP contribution in [-0.2, 0) is 9.47 Å². The van der Waals surface area contributed by atoms with Gasteiger partial charge in [-0.15, -0.1) is 0 Å². The summed E-state index contributed by atoms with van der Waals surface area (Å²) in [5.74, 6) is -1.78. The molecule has 0 atom stereocenters. The number of halogens is 2. The predicted molar refractivity (Wildman–Crippen MR) is 63.5 cm³/mol. The van der Waals surface area contributed by atoms with Gasteiger partial charge in [-0.05, 0) is 26.0 Å². The third-order valence-electron chi connectivity index (χ3n) is 2.22. The molecule has 5 heteroatoms. The molecule has 102 valence electrons. The predicted octanol–water partition coefficient (Wildman–Crippen LogP) is 3.13. The Bertz CT molecular complexity index is 332. The van der Waals surface area contributed by atoms with Crippen LogP contribution in [0.2, 0.25) is 0 Å². The highest BCUT2D eigenvalue weighted by molar-refractivity contribution is 5.25. The summed E-state index contributed by atoms with van der Waals surface area (Å²) >= 11 is 0. The van der Waals surface area contributed by atoms with Gasteiger partial charge < -0.3 is 14.2 Å². The topological polar surface area (TPSA) is 27.7 Å². The molecule has 0 radical (unpaired) electrons. The van der Waals surface area contributed by atoms with Crippen LogP contribution in [0.1, 0.15) is 20.3 Å². The Morgan fingerprint density at radius 2 is 1.61 bits per heavy atom. The zero-order valence-corrected chi connectivity index (χ0v) is 10.6. The molecule has 0 unspecified atom stereocenters. The summed E-state index contributed by atoms with van der Waals surface area (Å²) in [6, 6.07) is 3.60. The van der Waals surface area contributed by atoms with Gasteiger partial charge in [0, 0.05) is 19.6 Å². The number of ether oxygens (including phenoxy) is 3. The molecule has 0 saturated carbocycles. The smallest absolute Gasteiger partial charge is 0.190 e. The van der Waals surface area contributed by atoms with Crippen LogP contribution in [-0.4, -0.2) is 26.1 Å². The van der Waals surface area contributed by atoms with E-state index in [0.29, 0.717) is 19.6 Å². The lowest BCUT2D eigenvalue weighted by Gasteiger charge is -2.17. The average molecular weight is 260 g/mol. The molecule has 0 spiro atoms. The van der Waals surface area contributed by atoms with Crippen LogP contribution >= 0.6 is 0 Å². The zero-order valence-electron chi connectivity index (χ0n) is 10.6. The Kier molecular flexibility index (Phi) is 6.60. The van der Waals surface area contributed by atoms with E-state index < -0.39 is 17.9 Å². The second kappa shape index (κ2) is 8.00. The van der Waals surface area contributed by atoms with Gasteiger partial charge >= 0.3 is 0 Å². The number of hydrogen-bond acceptors (Lipinski definition) is 3. The molecule has 0 aliphatic rings. The lowest BCUT2D eigenvalue weighted by Crippen LogP contribution is -2.20. The van der Waals surface area contributed by atoms with Crippen molar-refractivity contribution in [3.63, 3.8) is 0 Å². The van der Waals surface area contributed by atoms with E-state index in [9.17, 15) is 8.78 Å². The van der Waals surface area contributed by atoms with Crippen molar-refractivity contribution < 1.29 is 23.0 Å². The Morgan fingerprint density at radius 3 is 2.11 bits per heavy atom. The van der Waals surface area contributed by atoms with E-state index in [1.807, 2.05) is 13.8 Å². The Labute approximate surface area is 106 Å². The summed E-state index contributed by atoms with van der Waals surface area (Å²) in [6.07, 6.45) is 0.00460. The first-order valence-corrected chi connectivity index (χ1v) is 5.99. The van der Waals surface area contributed by atoms with E-state index in [-0.39, 0.29) is 12.4 Å². The lowest BCUT2D eigenvalue weighted by atomic mass is 10.3. The van der Waals surface area contributed by atoms with Crippen molar-refractivity contribution in [2.75, 3.05) is 19.8 Å². The summed E-state index contributed by atoms with van der Waals surface area (Å²) in [5.41, 5.74) is 0. The largest absolute Gasteiger partial charge is 0.487 e. The first-order valence-electron chi connectivity index (χ1n) is 5.99. The second-order valence-electron chi connectivity index (χ2n) is 3.53. The SMILES string of the molecule is CCOC(CCOc1c(F)cccc1F)OCC. The number of para-hydroxylation sites is 1. The van der Waals surface area contributed by atoms with Gasteiger partial charge in [-0.1, -0.05) is 6.07 Å². The van der Waals surface area contributed by atoms with Crippen LogP contribution in [0.4, 0.5) is 8.78 Å². The fourth-order valence-corrected chi connectivity index (χ4v) is 1.46. The van der Waals surface area contributed by atoms with Crippen LogP contribution in [0.5, 0.6) is 5.75 Å². The first kappa shape index (κ1) is 14.9. The van der Waals surface area contributed by atoms with Crippen molar-refractivity contribution >= 4 is 0 Å². The molecule has 3 nitrogen and oxygen atoms in total. The minimum atomic E-state index is -0.709. The molecular formula is C13H18F2O3. The van der Waals surface area contributed by atoms with E-state index in [0.717, 1.165) is 12.1 Å². The molecule has 0 saturated heterocycles. The molecule has 0 bridgehead atoms. The van der Waals surface area contributed by atoms with Gasteiger partial charge in [-0.3, -0.25) is 0 Å². The Balaban J connectivity index is 2.44. The molecule has 0 aliphatic carbocycles. The first-order chi connectivity index (χ1) is 8.69. The fraction of sp³-hybridized carbons (Fsp3) is 0.538. The molecule has 1 aromatic carbocycles. The van der Waals surface area contributed by atoms with Crippen molar-refractivity contribution in [3.05, 3.63) is 29.8 Å². The van der Waals surface area contributed by atoms with Crippen molar-refractivity contribution in [2.45, 2.75) is 26.6 Å². The second-order valence-corrected chi connectivity index (χ2v) is 3.53. The molecule has 0 fully saturated rings. The number of hydrogen-bond donors (Lipinski definition) is 0. The molecular weight excluding hydrogens is 242 g/mol. The summed E-state index contributed by atoms with van der Waals surface area (Å²) in [7, 11) is 0. The van der Waals surface area contributed by atoms with E-state index in [1.165, 1.54) is 6.07 Å². The maximum absolute atomic E-state index is 13.2. The Morgan fingerprint density at radius 1 is 1.06 bits per heavy atom. The van der Waals surface area contributed by atoms with Crippen LogP contribution in [0.15, 0.2) is 18.2 Å². The number of rotatable bonds is 8. The van der Waals surface area contributed by atoms with Crippen molar-refractivity contribution in [1.82, 2.24) is 0 Å². The van der Waals surface area contributed by atoms with Gasteiger partial charge in [-0.25, -0.2) is 8.78 Å². The molecule has 0 heterocycles. The molecule has 1 rings (SSSR count). The summed E-state index contributed by atoms with van der Waals surface area (Å²) in [6.45, 7) is 4.85. The Hall–Kier alpha value is -1.20. The van der Waals surface area contributed by atoms with Gasteiger partial charge in [-0.2, -0.15) is 0 Å². The van der Waals surface area contributed by atoms with Gasteiger partial charge in [0.2, 0.25) is 0 Å². The highest BCUT2D eigenvalue weighted by Crippen LogP contribution is 2.21. The van der Waals surface area contributed by atoms with Gasteiger partial charge in [0.15, 0.2) is 23.7 Å². The standard InChI is InChI=1S/C13H18F2O3/c1-3-16-12(17-4-2)8-9-18-13-10(14)6-5-7-11(13)15/h5-7,12H,3-4,8-9H2,1-2H3. The summed E-state index contributed by atoms with van der Waals surface area (Å²) in [5, 5.41) is 0. The van der Waals surface area contributed by atoms with Crippen molar-refractivity contribution in [1.29, 1.82) is 0 Å². The van der Waals surface area contributed by atoms with Crippen LogP contribution in [0, 0.1) is 11.6 Å². The lowest BCUT2D eigenvalue weighted by molar-refractivity contribution is -0.143. The van der Waals surface area contributed by atoms with Gasteiger partial charge in [0.25, 0.3) is 0 Å². The highest BCUT2D eigenvalue weighted by Gasteiger charge is 2.12. The zero-order chi connectivity index (χ0) is 13.4. The minimum absolute atomic E-state index is 0.128. The van der Waals surface area contributed by atoms with Gasteiger partial charge in [0.05, 0.1) is 6.61 Å². The normalized spacial score (nSPS) is 10.9. The third-order valence-corrected chi connectivity index (χ3v) is 2.22. The summed E-state index contributed by atoms with van der Waals surface area (Å²) < 4.78 is 42.1. The quantitative estimate of drug-likeness (QED) is 0.672. The molecule has 1 aromatic rings. The third kappa shape index (κ3) is 4.58. The molecule has 18 heavy (non-hydrogen) atoms. The van der Waals surface area contributed by atoms with Crippen LogP contribution in [0.25, 0.3) is 0 Å². The summed E-state index contributed by atoms with van der Waals surface area (Å²) in [4.78, 5) is 0. The maximum atomic E-state index is 13.2. The molecule has 0 amide bonds. The van der Waals surface area contributed by atoms with Crippen molar-refractivity contribution in [2.24, 2.45) is 0 Å².